The summed E-state index contributed by atoms with van der Waals surface area (Å²) in [6, 6.07) is -0.718. The summed E-state index contributed by atoms with van der Waals surface area (Å²) in [5.41, 5.74) is 0. The topological polar surface area (TPSA) is 95.9 Å². The van der Waals surface area contributed by atoms with E-state index in [1.165, 1.54) is 89.9 Å². The minimum atomic E-state index is -0.801. The maximum atomic E-state index is 13.1. The summed E-state index contributed by atoms with van der Waals surface area (Å²) >= 11 is 0. The maximum absolute atomic E-state index is 13.1. The van der Waals surface area contributed by atoms with Crippen LogP contribution in [-0.4, -0.2) is 46.9 Å². The Bertz CT molecular complexity index is 1010. The molecule has 0 saturated carbocycles. The average molecular weight is 784 g/mol. The number of carbonyl (C=O) groups excluding carboxylic acids is 2. The Balaban J connectivity index is 4.71. The highest BCUT2D eigenvalue weighted by Gasteiger charge is 2.24. The van der Waals surface area contributed by atoms with Crippen LogP contribution in [0.5, 0.6) is 0 Å². The normalized spacial score (nSPS) is 13.9. The highest BCUT2D eigenvalue weighted by Crippen LogP contribution is 2.17. The molecule has 0 aromatic heterocycles. The van der Waals surface area contributed by atoms with Gasteiger partial charge >= 0.3 is 5.97 Å². The van der Waals surface area contributed by atoms with Crippen molar-refractivity contribution in [1.29, 1.82) is 0 Å². The number of nitrogens with one attached hydrogen (secondary N) is 1. The van der Waals surface area contributed by atoms with Crippen LogP contribution >= 0.6 is 0 Å². The van der Waals surface area contributed by atoms with Gasteiger partial charge in [-0.15, -0.1) is 0 Å². The third kappa shape index (κ3) is 38.4. The van der Waals surface area contributed by atoms with Crippen LogP contribution in [0.3, 0.4) is 0 Å². The lowest BCUT2D eigenvalue weighted by atomic mass is 10.0. The van der Waals surface area contributed by atoms with Gasteiger partial charge in [0.2, 0.25) is 5.91 Å². The zero-order valence-corrected chi connectivity index (χ0v) is 36.8. The number of allylic oxidation sites excluding steroid dienone is 10. The third-order valence-corrected chi connectivity index (χ3v) is 10.4. The molecule has 0 aromatic rings. The number of hydrogen-bond acceptors (Lipinski definition) is 5. The van der Waals surface area contributed by atoms with E-state index >= 15 is 0 Å². The summed E-state index contributed by atoms with van der Waals surface area (Å²) in [5, 5.41) is 23.6. The van der Waals surface area contributed by atoms with Gasteiger partial charge in [0, 0.05) is 6.42 Å². The zero-order chi connectivity index (χ0) is 41.0. The van der Waals surface area contributed by atoms with Gasteiger partial charge in [-0.25, -0.2) is 0 Å². The molecular formula is C50H89NO5. The summed E-state index contributed by atoms with van der Waals surface area (Å²) in [6.45, 7) is 6.30. The molecule has 0 heterocycles. The van der Waals surface area contributed by atoms with Crippen molar-refractivity contribution in [2.24, 2.45) is 0 Å². The first-order valence-corrected chi connectivity index (χ1v) is 23.5. The Morgan fingerprint density at radius 1 is 0.554 bits per heavy atom. The molecule has 0 aliphatic carbocycles. The summed E-state index contributed by atoms with van der Waals surface area (Å²) in [7, 11) is 0. The van der Waals surface area contributed by atoms with Crippen LogP contribution in [-0.2, 0) is 14.3 Å². The van der Waals surface area contributed by atoms with E-state index in [1.807, 2.05) is 6.08 Å². The van der Waals surface area contributed by atoms with Crippen molar-refractivity contribution in [1.82, 2.24) is 5.32 Å². The van der Waals surface area contributed by atoms with Crippen LogP contribution in [0.15, 0.2) is 60.8 Å². The number of unbranched alkanes of at least 4 members (excludes halogenated alkanes) is 21. The first kappa shape index (κ1) is 53.6. The van der Waals surface area contributed by atoms with Crippen LogP contribution in [0.1, 0.15) is 220 Å². The number of hydrogen-bond donors (Lipinski definition) is 3. The van der Waals surface area contributed by atoms with Crippen LogP contribution in [0, 0.1) is 0 Å². The number of aliphatic hydroxyl groups is 2. The molecule has 3 unspecified atom stereocenters. The largest absolute Gasteiger partial charge is 0.462 e. The van der Waals surface area contributed by atoms with E-state index < -0.39 is 18.2 Å². The van der Waals surface area contributed by atoms with Gasteiger partial charge < -0.3 is 20.3 Å². The number of amides is 1. The molecule has 6 nitrogen and oxygen atoms in total. The number of aliphatic hydroxyl groups excluding tert-OH is 2. The lowest BCUT2D eigenvalue weighted by Gasteiger charge is -2.24. The lowest BCUT2D eigenvalue weighted by Crippen LogP contribution is -2.46. The molecule has 6 heteroatoms. The molecule has 0 fully saturated rings. The Morgan fingerprint density at radius 2 is 1.04 bits per heavy atom. The van der Waals surface area contributed by atoms with Crippen LogP contribution in [0.4, 0.5) is 0 Å². The first-order chi connectivity index (χ1) is 27.5. The predicted molar refractivity (Wildman–Crippen MR) is 241 cm³/mol. The monoisotopic (exact) mass is 784 g/mol. The van der Waals surface area contributed by atoms with Crippen molar-refractivity contribution >= 4 is 11.9 Å². The van der Waals surface area contributed by atoms with Gasteiger partial charge in [-0.1, -0.05) is 204 Å². The van der Waals surface area contributed by atoms with Gasteiger partial charge in [0.05, 0.1) is 25.2 Å². The minimum absolute atomic E-state index is 0.0401. The molecule has 0 saturated heterocycles. The van der Waals surface area contributed by atoms with Crippen LogP contribution in [0.25, 0.3) is 0 Å². The molecule has 0 bridgehead atoms. The molecule has 0 aliphatic rings. The summed E-state index contributed by atoms with van der Waals surface area (Å²) in [4.78, 5) is 26.0. The number of rotatable bonds is 41. The van der Waals surface area contributed by atoms with Crippen molar-refractivity contribution in [3.8, 4) is 0 Å². The second-order valence-corrected chi connectivity index (χ2v) is 15.8. The van der Waals surface area contributed by atoms with E-state index in [1.54, 1.807) is 0 Å². The van der Waals surface area contributed by atoms with Crippen LogP contribution in [0.2, 0.25) is 0 Å². The zero-order valence-electron chi connectivity index (χ0n) is 36.8. The highest BCUT2D eigenvalue weighted by atomic mass is 16.5. The molecule has 3 atom stereocenters. The highest BCUT2D eigenvalue weighted by molar-refractivity contribution is 5.77. The number of esters is 1. The molecule has 0 aliphatic heterocycles. The fraction of sp³-hybridized carbons (Fsp3) is 0.760. The maximum Gasteiger partial charge on any atom is 0.306 e. The molecule has 1 amide bonds. The lowest BCUT2D eigenvalue weighted by molar-refractivity contribution is -0.150. The number of carbonyl (C=O) groups is 2. The van der Waals surface area contributed by atoms with Gasteiger partial charge in [0.15, 0.2) is 0 Å². The fourth-order valence-corrected chi connectivity index (χ4v) is 6.84. The number of ether oxygens (including phenoxy) is 1. The Hall–Kier alpha value is -2.44. The second-order valence-electron chi connectivity index (χ2n) is 15.8. The standard InChI is InChI=1S/C50H89NO5/c1-4-7-10-13-16-19-22-24-27-29-32-35-38-41-46(56-50(55)43-40-37-34-31-28-25-23-20-17-14-11-8-5-2)44-49(54)51-47(45-52)48(53)42-39-36-33-30-26-21-18-15-12-9-6-3/h7,10,13,16,19,22,25,28,34,37,46-48,52-53H,4-6,8-9,11-12,14-15,17-18,20-21,23-24,26-27,29-33,35-36,38-45H2,1-3H3,(H,51,54)/b10-7+,16-13+,22-19+,28-25-,37-34+. The predicted octanol–water partition coefficient (Wildman–Crippen LogP) is 13.7. The van der Waals surface area contributed by atoms with Crippen molar-refractivity contribution < 1.29 is 24.5 Å². The van der Waals surface area contributed by atoms with E-state index in [0.717, 1.165) is 77.0 Å². The fourth-order valence-electron chi connectivity index (χ4n) is 6.84. The SMILES string of the molecule is CC/C=C/C=C/C=C/CCCCCCCC(CC(=O)NC(CO)C(O)CCCCCCCCCCCCC)OC(=O)CC/C=C/C/C=C\CCCCCCCC. The smallest absolute Gasteiger partial charge is 0.306 e. The summed E-state index contributed by atoms with van der Waals surface area (Å²) in [6.07, 6.45) is 52.9. The molecule has 0 radical (unpaired) electrons. The quantitative estimate of drug-likeness (QED) is 0.0248. The van der Waals surface area contributed by atoms with E-state index in [4.69, 9.17) is 4.74 Å². The molecule has 3 N–H and O–H groups in total. The Labute approximate surface area is 346 Å². The average Bonchev–Trinajstić information content (AvgIpc) is 3.19. The van der Waals surface area contributed by atoms with Crippen molar-refractivity contribution in [3.05, 3.63) is 60.8 Å². The van der Waals surface area contributed by atoms with Crippen LogP contribution < -0.4 is 5.32 Å². The van der Waals surface area contributed by atoms with E-state index in [0.29, 0.717) is 19.3 Å². The first-order valence-electron chi connectivity index (χ1n) is 23.5. The van der Waals surface area contributed by atoms with E-state index in [2.05, 4.69) is 80.8 Å². The minimum Gasteiger partial charge on any atom is -0.462 e. The third-order valence-electron chi connectivity index (χ3n) is 10.4. The van der Waals surface area contributed by atoms with Gasteiger partial charge in [-0.3, -0.25) is 9.59 Å². The van der Waals surface area contributed by atoms with E-state index in [9.17, 15) is 19.8 Å². The Morgan fingerprint density at radius 3 is 1.59 bits per heavy atom. The molecule has 0 spiro atoms. The molecule has 324 valence electrons. The van der Waals surface area contributed by atoms with Crippen molar-refractivity contribution in [3.63, 3.8) is 0 Å². The van der Waals surface area contributed by atoms with Crippen molar-refractivity contribution in [2.75, 3.05) is 6.61 Å². The van der Waals surface area contributed by atoms with Crippen molar-refractivity contribution in [2.45, 2.75) is 238 Å². The van der Waals surface area contributed by atoms with E-state index in [-0.39, 0.29) is 31.3 Å². The molecule has 0 rings (SSSR count). The van der Waals surface area contributed by atoms with Gasteiger partial charge in [-0.2, -0.15) is 0 Å². The summed E-state index contributed by atoms with van der Waals surface area (Å²) < 4.78 is 5.86. The Kier molecular flexibility index (Phi) is 41.8. The van der Waals surface area contributed by atoms with Gasteiger partial charge in [0.1, 0.15) is 6.10 Å². The molecule has 56 heavy (non-hydrogen) atoms. The molecular weight excluding hydrogens is 695 g/mol. The second kappa shape index (κ2) is 43.7. The van der Waals surface area contributed by atoms with Gasteiger partial charge in [-0.05, 0) is 64.2 Å². The summed E-state index contributed by atoms with van der Waals surface area (Å²) in [5.74, 6) is -0.578. The van der Waals surface area contributed by atoms with Gasteiger partial charge in [0.25, 0.3) is 0 Å². The molecule has 0 aromatic carbocycles.